The zero-order chi connectivity index (χ0) is 14.1. The number of carbonyl (C=O) groups excluding carboxylic acids is 1. The van der Waals surface area contributed by atoms with Gasteiger partial charge in [0.05, 0.1) is 22.1 Å². The number of amides is 1. The first kappa shape index (κ1) is 13.3. The van der Waals surface area contributed by atoms with Crippen LogP contribution >= 0.6 is 23.4 Å². The SMILES string of the molecule is CSC1C(=O)Nc2c(Nc3ccccc3Cl)cccc21. The van der Waals surface area contributed by atoms with Crippen LogP contribution in [-0.2, 0) is 4.79 Å². The molecular weight excluding hydrogens is 292 g/mol. The number of halogens is 1. The van der Waals surface area contributed by atoms with E-state index in [0.29, 0.717) is 5.02 Å². The Balaban J connectivity index is 1.99. The van der Waals surface area contributed by atoms with Gasteiger partial charge < -0.3 is 10.6 Å². The molecule has 1 aliphatic heterocycles. The van der Waals surface area contributed by atoms with Crippen molar-refractivity contribution in [3.05, 3.63) is 53.1 Å². The average Bonchev–Trinajstić information content (AvgIpc) is 2.78. The lowest BCUT2D eigenvalue weighted by molar-refractivity contribution is -0.115. The van der Waals surface area contributed by atoms with Gasteiger partial charge in [-0.15, -0.1) is 11.8 Å². The highest BCUT2D eigenvalue weighted by molar-refractivity contribution is 7.99. The molecule has 0 aliphatic carbocycles. The van der Waals surface area contributed by atoms with Crippen molar-refractivity contribution in [1.29, 1.82) is 0 Å². The van der Waals surface area contributed by atoms with Crippen molar-refractivity contribution in [2.24, 2.45) is 0 Å². The molecule has 1 unspecified atom stereocenters. The first-order valence-electron chi connectivity index (χ1n) is 6.19. The fourth-order valence-electron chi connectivity index (χ4n) is 2.30. The number of thioether (sulfide) groups is 1. The number of rotatable bonds is 3. The number of para-hydroxylation sites is 2. The Morgan fingerprint density at radius 3 is 2.65 bits per heavy atom. The summed E-state index contributed by atoms with van der Waals surface area (Å²) in [5.74, 6) is 0.0286. The van der Waals surface area contributed by atoms with Gasteiger partial charge in [-0.2, -0.15) is 0 Å². The second kappa shape index (κ2) is 5.38. The Hall–Kier alpha value is -1.65. The summed E-state index contributed by atoms with van der Waals surface area (Å²) in [5.41, 5.74) is 3.54. The molecule has 0 saturated carbocycles. The third-order valence-electron chi connectivity index (χ3n) is 3.24. The summed E-state index contributed by atoms with van der Waals surface area (Å²) in [7, 11) is 0. The number of hydrogen-bond donors (Lipinski definition) is 2. The highest BCUT2D eigenvalue weighted by atomic mass is 35.5. The van der Waals surface area contributed by atoms with Crippen LogP contribution in [0.2, 0.25) is 5.02 Å². The monoisotopic (exact) mass is 304 g/mol. The number of nitrogens with one attached hydrogen (secondary N) is 2. The number of anilines is 3. The molecule has 20 heavy (non-hydrogen) atoms. The molecule has 2 aromatic rings. The molecule has 0 aromatic heterocycles. The zero-order valence-electron chi connectivity index (χ0n) is 10.8. The van der Waals surface area contributed by atoms with Crippen LogP contribution in [0.15, 0.2) is 42.5 Å². The minimum Gasteiger partial charge on any atom is -0.353 e. The summed E-state index contributed by atoms with van der Waals surface area (Å²) in [6, 6.07) is 13.4. The number of fused-ring (bicyclic) bond motifs is 1. The van der Waals surface area contributed by atoms with Crippen LogP contribution in [0.25, 0.3) is 0 Å². The van der Waals surface area contributed by atoms with Crippen molar-refractivity contribution in [2.75, 3.05) is 16.9 Å². The number of hydrogen-bond acceptors (Lipinski definition) is 3. The fraction of sp³-hybridized carbons (Fsp3) is 0.133. The second-order valence-electron chi connectivity index (χ2n) is 4.48. The van der Waals surface area contributed by atoms with Gasteiger partial charge in [-0.1, -0.05) is 35.9 Å². The molecule has 1 heterocycles. The summed E-state index contributed by atoms with van der Waals surface area (Å²) in [5, 5.41) is 6.73. The topological polar surface area (TPSA) is 41.1 Å². The number of benzene rings is 2. The maximum Gasteiger partial charge on any atom is 0.242 e. The highest BCUT2D eigenvalue weighted by Crippen LogP contribution is 2.43. The van der Waals surface area contributed by atoms with Crippen molar-refractivity contribution in [2.45, 2.75) is 5.25 Å². The Bertz CT molecular complexity index is 675. The van der Waals surface area contributed by atoms with Gasteiger partial charge in [-0.25, -0.2) is 0 Å². The van der Waals surface area contributed by atoms with E-state index in [9.17, 15) is 4.79 Å². The molecule has 0 bridgehead atoms. The zero-order valence-corrected chi connectivity index (χ0v) is 12.4. The molecule has 0 radical (unpaired) electrons. The Kier molecular flexibility index (Phi) is 3.59. The van der Waals surface area contributed by atoms with Crippen molar-refractivity contribution >= 4 is 46.3 Å². The third kappa shape index (κ3) is 2.25. The molecule has 2 aromatic carbocycles. The molecule has 0 spiro atoms. The smallest absolute Gasteiger partial charge is 0.242 e. The van der Waals surface area contributed by atoms with Crippen molar-refractivity contribution in [3.8, 4) is 0 Å². The van der Waals surface area contributed by atoms with E-state index in [-0.39, 0.29) is 11.2 Å². The Labute approximate surface area is 126 Å². The third-order valence-corrected chi connectivity index (χ3v) is 4.51. The van der Waals surface area contributed by atoms with Crippen LogP contribution in [0.4, 0.5) is 17.1 Å². The molecule has 1 aliphatic rings. The molecule has 3 rings (SSSR count). The molecule has 5 heteroatoms. The quantitative estimate of drug-likeness (QED) is 0.881. The predicted molar refractivity (Wildman–Crippen MR) is 86.1 cm³/mol. The van der Waals surface area contributed by atoms with Crippen LogP contribution in [0, 0.1) is 0 Å². The van der Waals surface area contributed by atoms with E-state index < -0.39 is 0 Å². The van der Waals surface area contributed by atoms with Gasteiger partial charge in [0.1, 0.15) is 5.25 Å². The van der Waals surface area contributed by atoms with E-state index in [1.165, 1.54) is 11.8 Å². The van der Waals surface area contributed by atoms with Crippen molar-refractivity contribution < 1.29 is 4.79 Å². The minimum absolute atomic E-state index is 0.0286. The van der Waals surface area contributed by atoms with Crippen LogP contribution in [0.5, 0.6) is 0 Å². The van der Waals surface area contributed by atoms with E-state index in [4.69, 9.17) is 11.6 Å². The molecule has 102 valence electrons. The summed E-state index contributed by atoms with van der Waals surface area (Å²) < 4.78 is 0. The standard InChI is InChI=1S/C15H13ClN2OS/c1-20-14-9-5-4-8-12(13(9)18-15(14)19)17-11-7-3-2-6-10(11)16/h2-8,14,17H,1H3,(H,18,19). The van der Waals surface area contributed by atoms with Gasteiger partial charge in [0.15, 0.2) is 0 Å². The first-order chi connectivity index (χ1) is 9.70. The predicted octanol–water partition coefficient (Wildman–Crippen LogP) is 4.44. The summed E-state index contributed by atoms with van der Waals surface area (Å²) in [6.07, 6.45) is 1.94. The highest BCUT2D eigenvalue weighted by Gasteiger charge is 2.31. The second-order valence-corrected chi connectivity index (χ2v) is 5.83. The normalized spacial score (nSPS) is 16.7. The lowest BCUT2D eigenvalue weighted by Gasteiger charge is -2.12. The van der Waals surface area contributed by atoms with Gasteiger partial charge in [0.25, 0.3) is 0 Å². The van der Waals surface area contributed by atoms with Gasteiger partial charge in [-0.05, 0) is 24.5 Å². The molecule has 1 amide bonds. The van der Waals surface area contributed by atoms with Crippen LogP contribution in [0.1, 0.15) is 10.8 Å². The van der Waals surface area contributed by atoms with E-state index in [2.05, 4.69) is 10.6 Å². The van der Waals surface area contributed by atoms with E-state index in [1.807, 2.05) is 48.7 Å². The van der Waals surface area contributed by atoms with Crippen molar-refractivity contribution in [3.63, 3.8) is 0 Å². The maximum atomic E-state index is 11.9. The summed E-state index contributed by atoms with van der Waals surface area (Å²) in [6.45, 7) is 0. The Morgan fingerprint density at radius 1 is 1.15 bits per heavy atom. The van der Waals surface area contributed by atoms with Gasteiger partial charge in [0.2, 0.25) is 5.91 Å². The van der Waals surface area contributed by atoms with Crippen LogP contribution in [-0.4, -0.2) is 12.2 Å². The lowest BCUT2D eigenvalue weighted by atomic mass is 10.1. The van der Waals surface area contributed by atoms with Crippen LogP contribution in [0.3, 0.4) is 0 Å². The van der Waals surface area contributed by atoms with E-state index >= 15 is 0 Å². The summed E-state index contributed by atoms with van der Waals surface area (Å²) in [4.78, 5) is 11.9. The minimum atomic E-state index is -0.141. The molecular formula is C15H13ClN2OS. The molecule has 2 N–H and O–H groups in total. The van der Waals surface area contributed by atoms with Gasteiger partial charge in [0, 0.05) is 5.56 Å². The first-order valence-corrected chi connectivity index (χ1v) is 7.85. The van der Waals surface area contributed by atoms with E-state index in [0.717, 1.165) is 22.6 Å². The molecule has 3 nitrogen and oxygen atoms in total. The van der Waals surface area contributed by atoms with Gasteiger partial charge in [-0.3, -0.25) is 4.79 Å². The number of carbonyl (C=O) groups is 1. The molecule has 1 atom stereocenters. The average molecular weight is 305 g/mol. The van der Waals surface area contributed by atoms with E-state index in [1.54, 1.807) is 0 Å². The summed E-state index contributed by atoms with van der Waals surface area (Å²) >= 11 is 7.69. The largest absolute Gasteiger partial charge is 0.353 e. The molecule has 0 fully saturated rings. The lowest BCUT2D eigenvalue weighted by Crippen LogP contribution is -2.08. The van der Waals surface area contributed by atoms with Crippen LogP contribution < -0.4 is 10.6 Å². The maximum absolute atomic E-state index is 11.9. The Morgan fingerprint density at radius 2 is 1.90 bits per heavy atom. The van der Waals surface area contributed by atoms with Gasteiger partial charge >= 0.3 is 0 Å². The molecule has 0 saturated heterocycles. The van der Waals surface area contributed by atoms with Crippen molar-refractivity contribution in [1.82, 2.24) is 0 Å². The fourth-order valence-corrected chi connectivity index (χ4v) is 3.21.